The Balaban J connectivity index is 1.80. The minimum atomic E-state index is 0.595. The molecule has 0 bridgehead atoms. The van der Waals surface area contributed by atoms with Gasteiger partial charge in [0, 0.05) is 5.56 Å². The lowest BCUT2D eigenvalue weighted by Crippen LogP contribution is -2.01. The van der Waals surface area contributed by atoms with Gasteiger partial charge in [-0.2, -0.15) is 0 Å². The van der Waals surface area contributed by atoms with Crippen LogP contribution >= 0.6 is 0 Å². The number of nitrogens with zero attached hydrogens (tertiary/aromatic N) is 2. The minimum Gasteiger partial charge on any atom is -0.467 e. The number of rotatable bonds is 4. The third kappa shape index (κ3) is 3.11. The first kappa shape index (κ1) is 13.4. The van der Waals surface area contributed by atoms with Crippen molar-refractivity contribution in [1.29, 1.82) is 0 Å². The van der Waals surface area contributed by atoms with Gasteiger partial charge < -0.3 is 9.73 Å². The van der Waals surface area contributed by atoms with Gasteiger partial charge >= 0.3 is 0 Å². The number of nitrogens with one attached hydrogen (secondary N) is 1. The van der Waals surface area contributed by atoms with E-state index in [0.29, 0.717) is 6.54 Å². The van der Waals surface area contributed by atoms with Crippen molar-refractivity contribution >= 4 is 5.82 Å². The van der Waals surface area contributed by atoms with Crippen LogP contribution in [0.4, 0.5) is 5.82 Å². The van der Waals surface area contributed by atoms with Crippen LogP contribution in [0, 0.1) is 13.8 Å². The van der Waals surface area contributed by atoms with Gasteiger partial charge in [0.25, 0.3) is 0 Å². The Morgan fingerprint density at radius 1 is 1.10 bits per heavy atom. The number of aromatic nitrogens is 2. The maximum atomic E-state index is 5.29. The highest BCUT2D eigenvalue weighted by Gasteiger charge is 2.04. The van der Waals surface area contributed by atoms with E-state index in [1.165, 1.54) is 11.1 Å². The Morgan fingerprint density at radius 3 is 2.76 bits per heavy atom. The summed E-state index contributed by atoms with van der Waals surface area (Å²) in [6, 6.07) is 10.1. The second-order valence-electron chi connectivity index (χ2n) is 5.02. The summed E-state index contributed by atoms with van der Waals surface area (Å²) in [6.07, 6.45) is 5.16. The van der Waals surface area contributed by atoms with Crippen molar-refractivity contribution in [1.82, 2.24) is 9.97 Å². The molecule has 0 saturated carbocycles. The molecule has 1 N–H and O–H groups in total. The molecule has 2 aromatic heterocycles. The van der Waals surface area contributed by atoms with E-state index < -0.39 is 0 Å². The Bertz CT molecular complexity index is 736. The zero-order valence-electron chi connectivity index (χ0n) is 12.1. The predicted octanol–water partition coefficient (Wildman–Crippen LogP) is 3.97. The zero-order chi connectivity index (χ0) is 14.7. The molecule has 21 heavy (non-hydrogen) atoms. The lowest BCUT2D eigenvalue weighted by molar-refractivity contribution is 0.518. The molecule has 0 unspecified atom stereocenters. The summed E-state index contributed by atoms with van der Waals surface area (Å²) in [6.45, 7) is 4.80. The zero-order valence-corrected chi connectivity index (χ0v) is 12.1. The average molecular weight is 279 g/mol. The minimum absolute atomic E-state index is 0.595. The molecule has 4 heteroatoms. The quantitative estimate of drug-likeness (QED) is 0.785. The molecule has 4 nitrogen and oxygen atoms in total. The molecule has 0 saturated heterocycles. The van der Waals surface area contributed by atoms with Crippen LogP contribution in [0.1, 0.15) is 16.9 Å². The normalized spacial score (nSPS) is 10.6. The monoisotopic (exact) mass is 279 g/mol. The van der Waals surface area contributed by atoms with Crippen LogP contribution < -0.4 is 5.32 Å². The average Bonchev–Trinajstić information content (AvgIpc) is 3.02. The van der Waals surface area contributed by atoms with Gasteiger partial charge in [-0.1, -0.05) is 12.1 Å². The van der Waals surface area contributed by atoms with E-state index in [1.807, 2.05) is 12.1 Å². The van der Waals surface area contributed by atoms with Crippen molar-refractivity contribution in [3.63, 3.8) is 0 Å². The molecular formula is C17H17N3O. The maximum absolute atomic E-state index is 5.29. The summed E-state index contributed by atoms with van der Waals surface area (Å²) in [5.41, 5.74) is 4.47. The molecule has 3 rings (SSSR count). The lowest BCUT2D eigenvalue weighted by atomic mass is 10.0. The van der Waals surface area contributed by atoms with Crippen molar-refractivity contribution in [2.75, 3.05) is 5.32 Å². The highest BCUT2D eigenvalue weighted by atomic mass is 16.3. The highest BCUT2D eigenvalue weighted by molar-refractivity contribution is 5.61. The van der Waals surface area contributed by atoms with Crippen molar-refractivity contribution in [2.45, 2.75) is 20.4 Å². The molecule has 0 fully saturated rings. The molecule has 106 valence electrons. The number of anilines is 1. The standard InChI is InChI=1S/C17H17N3O/c1-12-5-6-14(8-13(12)2)16-10-18-11-17(20-16)19-9-15-4-3-7-21-15/h3-8,10-11H,9H2,1-2H3,(H,19,20). The maximum Gasteiger partial charge on any atom is 0.145 e. The van der Waals surface area contributed by atoms with Gasteiger partial charge in [-0.25, -0.2) is 4.98 Å². The summed E-state index contributed by atoms with van der Waals surface area (Å²) in [5, 5.41) is 3.22. The van der Waals surface area contributed by atoms with Crippen molar-refractivity contribution in [2.24, 2.45) is 0 Å². The molecule has 0 amide bonds. The molecule has 0 atom stereocenters. The fourth-order valence-corrected chi connectivity index (χ4v) is 2.08. The number of hydrogen-bond donors (Lipinski definition) is 1. The van der Waals surface area contributed by atoms with Crippen LogP contribution in [-0.4, -0.2) is 9.97 Å². The second-order valence-corrected chi connectivity index (χ2v) is 5.02. The fourth-order valence-electron chi connectivity index (χ4n) is 2.08. The molecule has 2 heterocycles. The van der Waals surface area contributed by atoms with E-state index in [9.17, 15) is 0 Å². The summed E-state index contributed by atoms with van der Waals surface area (Å²) in [7, 11) is 0. The van der Waals surface area contributed by atoms with Crippen LogP contribution in [0.5, 0.6) is 0 Å². The number of benzene rings is 1. The van der Waals surface area contributed by atoms with Crippen molar-refractivity contribution in [3.05, 3.63) is 65.9 Å². The van der Waals surface area contributed by atoms with Gasteiger partial charge in [-0.3, -0.25) is 4.98 Å². The van der Waals surface area contributed by atoms with E-state index in [4.69, 9.17) is 4.42 Å². The third-order valence-corrected chi connectivity index (χ3v) is 3.46. The van der Waals surface area contributed by atoms with Gasteiger partial charge in [-0.15, -0.1) is 0 Å². The summed E-state index contributed by atoms with van der Waals surface area (Å²) in [5.74, 6) is 1.61. The van der Waals surface area contributed by atoms with Crippen LogP contribution in [-0.2, 0) is 6.54 Å². The lowest BCUT2D eigenvalue weighted by Gasteiger charge is -2.07. The van der Waals surface area contributed by atoms with Gasteiger partial charge in [0.2, 0.25) is 0 Å². The first-order valence-electron chi connectivity index (χ1n) is 6.88. The Morgan fingerprint density at radius 2 is 2.00 bits per heavy atom. The third-order valence-electron chi connectivity index (χ3n) is 3.46. The molecular weight excluding hydrogens is 262 g/mol. The Hall–Kier alpha value is -2.62. The van der Waals surface area contributed by atoms with Crippen LogP contribution in [0.3, 0.4) is 0 Å². The molecule has 0 aliphatic rings. The second kappa shape index (κ2) is 5.79. The van der Waals surface area contributed by atoms with Crippen molar-refractivity contribution in [3.8, 4) is 11.3 Å². The highest BCUT2D eigenvalue weighted by Crippen LogP contribution is 2.21. The van der Waals surface area contributed by atoms with E-state index in [2.05, 4.69) is 47.3 Å². The van der Waals surface area contributed by atoms with Gasteiger partial charge in [0.15, 0.2) is 0 Å². The largest absolute Gasteiger partial charge is 0.467 e. The van der Waals surface area contributed by atoms with Crippen LogP contribution in [0.15, 0.2) is 53.4 Å². The predicted molar refractivity (Wildman–Crippen MR) is 83.0 cm³/mol. The van der Waals surface area contributed by atoms with E-state index in [0.717, 1.165) is 22.8 Å². The van der Waals surface area contributed by atoms with Crippen LogP contribution in [0.2, 0.25) is 0 Å². The number of furan rings is 1. The van der Waals surface area contributed by atoms with Crippen LogP contribution in [0.25, 0.3) is 11.3 Å². The smallest absolute Gasteiger partial charge is 0.145 e. The Kier molecular flexibility index (Phi) is 3.69. The molecule has 0 spiro atoms. The summed E-state index contributed by atoms with van der Waals surface area (Å²) >= 11 is 0. The number of aryl methyl sites for hydroxylation is 2. The fraction of sp³-hybridized carbons (Fsp3) is 0.176. The summed E-state index contributed by atoms with van der Waals surface area (Å²) in [4.78, 5) is 8.86. The first-order valence-corrected chi connectivity index (χ1v) is 6.88. The van der Waals surface area contributed by atoms with Gasteiger partial charge in [-0.05, 0) is 43.2 Å². The van der Waals surface area contributed by atoms with Crippen molar-refractivity contribution < 1.29 is 4.42 Å². The van der Waals surface area contributed by atoms with E-state index in [-0.39, 0.29) is 0 Å². The number of hydrogen-bond acceptors (Lipinski definition) is 4. The van der Waals surface area contributed by atoms with Gasteiger partial charge in [0.05, 0.1) is 30.9 Å². The molecule has 0 aliphatic carbocycles. The molecule has 0 aliphatic heterocycles. The van der Waals surface area contributed by atoms with Gasteiger partial charge in [0.1, 0.15) is 11.6 Å². The first-order chi connectivity index (χ1) is 10.2. The Labute approximate surface area is 123 Å². The van der Waals surface area contributed by atoms with E-state index in [1.54, 1.807) is 18.7 Å². The molecule has 0 radical (unpaired) electrons. The molecule has 1 aromatic carbocycles. The SMILES string of the molecule is Cc1ccc(-c2cncc(NCc3ccco3)n2)cc1C. The molecule has 3 aromatic rings. The topological polar surface area (TPSA) is 51.0 Å². The van der Waals surface area contributed by atoms with E-state index >= 15 is 0 Å². The summed E-state index contributed by atoms with van der Waals surface area (Å²) < 4.78 is 5.29.